The minimum Gasteiger partial charge on any atom is -0.478 e. The first kappa shape index (κ1) is 13.9. The molecule has 1 rings (SSSR count). The Bertz CT molecular complexity index is 387. The van der Waals surface area contributed by atoms with Crippen LogP contribution in [0.4, 0.5) is 5.82 Å². The van der Waals surface area contributed by atoms with Gasteiger partial charge in [0.05, 0.1) is 19.8 Å². The molecule has 3 N–H and O–H groups in total. The van der Waals surface area contributed by atoms with E-state index >= 15 is 0 Å². The quantitative estimate of drug-likeness (QED) is 0.650. The van der Waals surface area contributed by atoms with Crippen molar-refractivity contribution in [3.8, 4) is 0 Å². The SMILES string of the molecule is O=C(O)c1cc(Br)cnc1NCCOCCO. The van der Waals surface area contributed by atoms with Crippen molar-refractivity contribution in [1.29, 1.82) is 0 Å². The van der Waals surface area contributed by atoms with Gasteiger partial charge >= 0.3 is 5.97 Å². The van der Waals surface area contributed by atoms with Crippen molar-refractivity contribution in [3.05, 3.63) is 22.3 Å². The van der Waals surface area contributed by atoms with Crippen LogP contribution < -0.4 is 5.32 Å². The molecule has 0 bridgehead atoms. The molecule has 0 unspecified atom stereocenters. The minimum atomic E-state index is -1.04. The maximum Gasteiger partial charge on any atom is 0.339 e. The minimum absolute atomic E-state index is 0.0308. The molecule has 0 aliphatic carbocycles. The summed E-state index contributed by atoms with van der Waals surface area (Å²) < 4.78 is 5.64. The first-order valence-corrected chi connectivity index (χ1v) is 5.75. The van der Waals surface area contributed by atoms with Crippen molar-refractivity contribution < 1.29 is 19.7 Å². The lowest BCUT2D eigenvalue weighted by Crippen LogP contribution is -2.14. The Kier molecular flexibility index (Phi) is 5.88. The highest BCUT2D eigenvalue weighted by Crippen LogP contribution is 2.17. The Morgan fingerprint density at radius 3 is 2.94 bits per heavy atom. The number of nitrogens with one attached hydrogen (secondary N) is 1. The monoisotopic (exact) mass is 304 g/mol. The molecule has 0 fully saturated rings. The second kappa shape index (κ2) is 7.21. The number of carboxylic acids is 1. The Morgan fingerprint density at radius 2 is 2.29 bits per heavy atom. The lowest BCUT2D eigenvalue weighted by Gasteiger charge is -2.08. The molecule has 0 spiro atoms. The number of nitrogens with zero attached hydrogens (tertiary/aromatic N) is 1. The van der Waals surface area contributed by atoms with Crippen LogP contribution in [0.15, 0.2) is 16.7 Å². The third-order valence-electron chi connectivity index (χ3n) is 1.86. The molecule has 0 radical (unpaired) electrons. The summed E-state index contributed by atoms with van der Waals surface area (Å²) >= 11 is 3.16. The van der Waals surface area contributed by atoms with Gasteiger partial charge in [0.1, 0.15) is 11.4 Å². The predicted molar refractivity (Wildman–Crippen MR) is 65.3 cm³/mol. The summed E-state index contributed by atoms with van der Waals surface area (Å²) in [6, 6.07) is 1.48. The second-order valence-corrected chi connectivity index (χ2v) is 4.03. The van der Waals surface area contributed by atoms with Crippen molar-refractivity contribution in [2.45, 2.75) is 0 Å². The van der Waals surface area contributed by atoms with E-state index in [0.717, 1.165) is 0 Å². The standard InChI is InChI=1S/C10H13BrN2O4/c11-7-5-8(10(15)16)9(13-6-7)12-1-3-17-4-2-14/h5-6,14H,1-4H2,(H,12,13)(H,15,16). The zero-order chi connectivity index (χ0) is 12.7. The van der Waals surface area contributed by atoms with Crippen molar-refractivity contribution in [2.75, 3.05) is 31.7 Å². The van der Waals surface area contributed by atoms with Crippen LogP contribution in [0, 0.1) is 0 Å². The zero-order valence-electron chi connectivity index (χ0n) is 9.02. The molecule has 1 aromatic rings. The average molecular weight is 305 g/mol. The number of hydrogen-bond donors (Lipinski definition) is 3. The molecule has 0 atom stereocenters. The van der Waals surface area contributed by atoms with E-state index in [-0.39, 0.29) is 18.8 Å². The number of ether oxygens (including phenoxy) is 1. The van der Waals surface area contributed by atoms with E-state index < -0.39 is 5.97 Å². The van der Waals surface area contributed by atoms with E-state index in [2.05, 4.69) is 26.2 Å². The van der Waals surface area contributed by atoms with E-state index in [9.17, 15) is 4.79 Å². The molecule has 94 valence electrons. The highest BCUT2D eigenvalue weighted by atomic mass is 79.9. The molecule has 0 aliphatic rings. The third-order valence-corrected chi connectivity index (χ3v) is 2.29. The Balaban J connectivity index is 2.55. The smallest absolute Gasteiger partial charge is 0.339 e. The molecule has 17 heavy (non-hydrogen) atoms. The summed E-state index contributed by atoms with van der Waals surface area (Å²) in [6.45, 7) is 1.03. The van der Waals surface area contributed by atoms with E-state index in [1.54, 1.807) is 0 Å². The van der Waals surface area contributed by atoms with Crippen LogP contribution >= 0.6 is 15.9 Å². The highest BCUT2D eigenvalue weighted by Gasteiger charge is 2.11. The summed E-state index contributed by atoms with van der Waals surface area (Å²) in [5, 5.41) is 20.3. The molecule has 7 heteroatoms. The van der Waals surface area contributed by atoms with Crippen molar-refractivity contribution in [3.63, 3.8) is 0 Å². The fraction of sp³-hybridized carbons (Fsp3) is 0.400. The number of carbonyl (C=O) groups is 1. The number of aromatic carboxylic acids is 1. The molecule has 1 aromatic heterocycles. The molecule has 0 aliphatic heterocycles. The Morgan fingerprint density at radius 1 is 1.53 bits per heavy atom. The van der Waals surface area contributed by atoms with Gasteiger partial charge in [0.2, 0.25) is 0 Å². The number of hydrogen-bond acceptors (Lipinski definition) is 5. The normalized spacial score (nSPS) is 10.2. The molecule has 1 heterocycles. The van der Waals surface area contributed by atoms with Gasteiger partial charge in [-0.25, -0.2) is 9.78 Å². The Labute approximate surface area is 107 Å². The van der Waals surface area contributed by atoms with Crippen LogP contribution in [-0.2, 0) is 4.74 Å². The topological polar surface area (TPSA) is 91.7 Å². The number of pyridine rings is 1. The van der Waals surface area contributed by atoms with Crippen LogP contribution in [0.3, 0.4) is 0 Å². The molecular weight excluding hydrogens is 292 g/mol. The van der Waals surface area contributed by atoms with E-state index in [4.69, 9.17) is 14.9 Å². The Hall–Kier alpha value is -1.18. The largest absolute Gasteiger partial charge is 0.478 e. The third kappa shape index (κ3) is 4.68. The summed E-state index contributed by atoms with van der Waals surface area (Å²) in [7, 11) is 0. The fourth-order valence-electron chi connectivity index (χ4n) is 1.15. The molecule has 0 amide bonds. The van der Waals surface area contributed by atoms with Gasteiger partial charge in [-0.3, -0.25) is 0 Å². The van der Waals surface area contributed by atoms with Crippen LogP contribution in [0.2, 0.25) is 0 Å². The fourth-order valence-corrected chi connectivity index (χ4v) is 1.48. The van der Waals surface area contributed by atoms with Crippen LogP contribution in [0.25, 0.3) is 0 Å². The number of rotatable bonds is 7. The first-order valence-electron chi connectivity index (χ1n) is 4.96. The van der Waals surface area contributed by atoms with Crippen molar-refractivity contribution in [1.82, 2.24) is 4.98 Å². The van der Waals surface area contributed by atoms with Gasteiger partial charge in [-0.2, -0.15) is 0 Å². The van der Waals surface area contributed by atoms with Crippen molar-refractivity contribution in [2.24, 2.45) is 0 Å². The maximum absolute atomic E-state index is 10.9. The van der Waals surface area contributed by atoms with Gasteiger partial charge in [-0.05, 0) is 22.0 Å². The average Bonchev–Trinajstić information content (AvgIpc) is 2.30. The number of aliphatic hydroxyl groups excluding tert-OH is 1. The van der Waals surface area contributed by atoms with Crippen LogP contribution in [0.1, 0.15) is 10.4 Å². The molecule has 6 nitrogen and oxygen atoms in total. The highest BCUT2D eigenvalue weighted by molar-refractivity contribution is 9.10. The molecule has 0 saturated carbocycles. The number of carboxylic acid groups (broad SMARTS) is 1. The van der Waals surface area contributed by atoms with Crippen molar-refractivity contribution >= 4 is 27.7 Å². The van der Waals surface area contributed by atoms with Gasteiger partial charge in [0.15, 0.2) is 0 Å². The molecule has 0 aromatic carbocycles. The number of aromatic nitrogens is 1. The summed E-state index contributed by atoms with van der Waals surface area (Å²) in [6.07, 6.45) is 1.52. The van der Waals surface area contributed by atoms with Gasteiger partial charge in [0.25, 0.3) is 0 Å². The lowest BCUT2D eigenvalue weighted by atomic mass is 10.2. The summed E-state index contributed by atoms with van der Waals surface area (Å²) in [5.74, 6) is -0.745. The van der Waals surface area contributed by atoms with Gasteiger partial charge in [-0.1, -0.05) is 0 Å². The van der Waals surface area contributed by atoms with Crippen LogP contribution in [0.5, 0.6) is 0 Å². The predicted octanol–water partition coefficient (Wildman–Crippen LogP) is 0.963. The van der Waals surface area contributed by atoms with E-state index in [1.807, 2.05) is 0 Å². The van der Waals surface area contributed by atoms with E-state index in [0.29, 0.717) is 23.4 Å². The van der Waals surface area contributed by atoms with Gasteiger partial charge in [0, 0.05) is 17.2 Å². The van der Waals surface area contributed by atoms with E-state index in [1.165, 1.54) is 12.3 Å². The zero-order valence-corrected chi connectivity index (χ0v) is 10.6. The van der Waals surface area contributed by atoms with Crippen LogP contribution in [-0.4, -0.2) is 47.5 Å². The lowest BCUT2D eigenvalue weighted by molar-refractivity contribution is 0.0697. The number of aliphatic hydroxyl groups is 1. The summed E-state index contributed by atoms with van der Waals surface area (Å²) in [4.78, 5) is 14.9. The molecule has 0 saturated heterocycles. The molecular formula is C10H13BrN2O4. The van der Waals surface area contributed by atoms with Gasteiger partial charge in [-0.15, -0.1) is 0 Å². The maximum atomic E-state index is 10.9. The number of anilines is 1. The first-order chi connectivity index (χ1) is 8.15. The van der Waals surface area contributed by atoms with Gasteiger partial charge < -0.3 is 20.3 Å². The summed E-state index contributed by atoms with van der Waals surface area (Å²) in [5.41, 5.74) is 0.0986. The second-order valence-electron chi connectivity index (χ2n) is 3.12. The number of halogens is 1.